The maximum absolute atomic E-state index is 3.31. The third-order valence-electron chi connectivity index (χ3n) is 4.19. The molecule has 0 spiro atoms. The monoisotopic (exact) mass is 386 g/mol. The fourth-order valence-corrected chi connectivity index (χ4v) is 3.04. The smallest absolute Gasteiger partial charge is 0.184 e. The molecule has 0 saturated heterocycles. The molecule has 3 aromatic carbocycles. The van der Waals surface area contributed by atoms with E-state index in [4.69, 9.17) is 0 Å². The van der Waals surface area contributed by atoms with E-state index in [0.717, 1.165) is 11.5 Å². The van der Waals surface area contributed by atoms with E-state index < -0.39 is 0 Å². The molecule has 0 bridgehead atoms. The minimum Gasteiger partial charge on any atom is -0.378 e. The van der Waals surface area contributed by atoms with Crippen molar-refractivity contribution >= 4 is 10.8 Å². The van der Waals surface area contributed by atoms with Crippen LogP contribution in [-0.2, 0) is 39.8 Å². The Morgan fingerprint density at radius 2 is 1.67 bits per heavy atom. The van der Waals surface area contributed by atoms with Crippen molar-refractivity contribution in [2.75, 3.05) is 0 Å². The first-order valence-electron chi connectivity index (χ1n) is 7.70. The zero-order chi connectivity index (χ0) is 15.8. The second-order valence-electron chi connectivity index (χ2n) is 5.79. The van der Waals surface area contributed by atoms with E-state index in [9.17, 15) is 0 Å². The number of hydrogen-bond donors (Lipinski definition) is 0. The third kappa shape index (κ3) is 2.97. The zero-order valence-corrected chi connectivity index (χ0v) is 16.7. The standard InChI is InChI=1S/C21H17N2.Y/c1-16-14-17-8-6-7-9-18(17)15-20(16)21-22(2)12-13-23(21)19-10-4-3-5-11-19;/h3-10,12,14-15H,1-2H3;/q-1;. The van der Waals surface area contributed by atoms with E-state index in [0.29, 0.717) is 0 Å². The van der Waals surface area contributed by atoms with Gasteiger partial charge in [-0.15, -0.1) is 0 Å². The van der Waals surface area contributed by atoms with Crippen molar-refractivity contribution in [3.05, 3.63) is 84.7 Å². The van der Waals surface area contributed by atoms with E-state index in [2.05, 4.69) is 77.8 Å². The van der Waals surface area contributed by atoms with Gasteiger partial charge in [0.05, 0.1) is 19.4 Å². The first-order valence-corrected chi connectivity index (χ1v) is 7.70. The Morgan fingerprint density at radius 3 is 2.38 bits per heavy atom. The van der Waals surface area contributed by atoms with Gasteiger partial charge in [-0.2, -0.15) is 24.3 Å². The van der Waals surface area contributed by atoms with Crippen LogP contribution in [0.3, 0.4) is 0 Å². The maximum Gasteiger partial charge on any atom is 0.184 e. The summed E-state index contributed by atoms with van der Waals surface area (Å²) in [5.41, 5.74) is 3.46. The topological polar surface area (TPSA) is 8.81 Å². The van der Waals surface area contributed by atoms with Crippen molar-refractivity contribution in [1.82, 2.24) is 4.57 Å². The van der Waals surface area contributed by atoms with Gasteiger partial charge < -0.3 is 4.57 Å². The average Bonchev–Trinajstić information content (AvgIpc) is 2.96. The maximum atomic E-state index is 3.31. The van der Waals surface area contributed by atoms with E-state index >= 15 is 0 Å². The van der Waals surface area contributed by atoms with Gasteiger partial charge in [0.25, 0.3) is 0 Å². The number of para-hydroxylation sites is 1. The van der Waals surface area contributed by atoms with E-state index in [1.54, 1.807) is 0 Å². The molecular formula is C21H17N2Y-. The first-order chi connectivity index (χ1) is 11.2. The second kappa shape index (κ2) is 7.00. The summed E-state index contributed by atoms with van der Waals surface area (Å²) in [4.78, 5) is 0. The van der Waals surface area contributed by atoms with Crippen molar-refractivity contribution in [1.29, 1.82) is 0 Å². The van der Waals surface area contributed by atoms with Crippen molar-refractivity contribution in [3.63, 3.8) is 0 Å². The molecule has 0 amide bonds. The summed E-state index contributed by atoms with van der Waals surface area (Å²) in [6, 6.07) is 24.2. The van der Waals surface area contributed by atoms with E-state index in [1.807, 2.05) is 24.4 Å². The van der Waals surface area contributed by atoms with Gasteiger partial charge in [0.1, 0.15) is 0 Å². The largest absolute Gasteiger partial charge is 0.378 e. The number of nitrogens with zero attached hydrogens (tertiary/aromatic N) is 2. The Labute approximate surface area is 167 Å². The van der Waals surface area contributed by atoms with Gasteiger partial charge in [-0.05, 0) is 23.3 Å². The van der Waals surface area contributed by atoms with Crippen LogP contribution in [0.25, 0.3) is 27.8 Å². The van der Waals surface area contributed by atoms with Crippen LogP contribution in [0.2, 0.25) is 0 Å². The molecule has 0 atom stereocenters. The second-order valence-corrected chi connectivity index (χ2v) is 5.79. The molecule has 1 heterocycles. The van der Waals surface area contributed by atoms with E-state index in [1.165, 1.54) is 21.9 Å². The van der Waals surface area contributed by atoms with Crippen LogP contribution in [0.4, 0.5) is 0 Å². The van der Waals surface area contributed by atoms with Gasteiger partial charge in [0.2, 0.25) is 0 Å². The molecular weight excluding hydrogens is 369 g/mol. The minimum atomic E-state index is 0. The quantitative estimate of drug-likeness (QED) is 0.363. The Bertz CT molecular complexity index is 987. The summed E-state index contributed by atoms with van der Waals surface area (Å²) in [6.07, 6.45) is 5.28. The van der Waals surface area contributed by atoms with Crippen molar-refractivity contribution in [2.24, 2.45) is 7.05 Å². The molecule has 24 heavy (non-hydrogen) atoms. The van der Waals surface area contributed by atoms with Gasteiger partial charge in [-0.25, -0.2) is 6.07 Å². The van der Waals surface area contributed by atoms with Crippen molar-refractivity contribution < 1.29 is 37.3 Å². The van der Waals surface area contributed by atoms with Crippen LogP contribution in [0, 0.1) is 19.2 Å². The molecule has 0 aliphatic rings. The average molecular weight is 386 g/mol. The van der Waals surface area contributed by atoms with Crippen LogP contribution >= 0.6 is 0 Å². The molecule has 115 valence electrons. The van der Waals surface area contributed by atoms with Gasteiger partial charge >= 0.3 is 0 Å². The molecule has 4 rings (SSSR count). The number of rotatable bonds is 2. The fourth-order valence-electron chi connectivity index (χ4n) is 3.04. The molecule has 3 heteroatoms. The SMILES string of the molecule is Cc1cc2ccccc2cc1-c1n(C)c[c-][n+]1-c1[c-]cccc1.[Y]. The fraction of sp³-hybridized carbons (Fsp3) is 0.0952. The number of imidazole rings is 1. The molecule has 0 fully saturated rings. The molecule has 1 radical (unpaired) electrons. The van der Waals surface area contributed by atoms with Crippen molar-refractivity contribution in [3.8, 4) is 17.1 Å². The first kappa shape index (κ1) is 17.1. The Kier molecular flexibility index (Phi) is 4.98. The van der Waals surface area contributed by atoms with Gasteiger partial charge in [0, 0.05) is 38.3 Å². The van der Waals surface area contributed by atoms with Crippen LogP contribution < -0.4 is 4.57 Å². The van der Waals surface area contributed by atoms with Crippen LogP contribution in [-0.4, -0.2) is 4.57 Å². The molecule has 4 aromatic rings. The van der Waals surface area contributed by atoms with Crippen molar-refractivity contribution in [2.45, 2.75) is 6.92 Å². The summed E-state index contributed by atoms with van der Waals surface area (Å²) < 4.78 is 4.18. The Morgan fingerprint density at radius 1 is 0.958 bits per heavy atom. The molecule has 0 N–H and O–H groups in total. The van der Waals surface area contributed by atoms with Crippen LogP contribution in [0.1, 0.15) is 5.56 Å². The molecule has 2 nitrogen and oxygen atoms in total. The number of aromatic nitrogens is 2. The predicted octanol–water partition coefficient (Wildman–Crippen LogP) is 4.03. The van der Waals surface area contributed by atoms with Crippen LogP contribution in [0.15, 0.2) is 66.9 Å². The predicted molar refractivity (Wildman–Crippen MR) is 92.3 cm³/mol. The minimum absolute atomic E-state index is 0. The number of fused-ring (bicyclic) bond motifs is 1. The van der Waals surface area contributed by atoms with Gasteiger partial charge in [-0.1, -0.05) is 42.1 Å². The summed E-state index contributed by atoms with van der Waals surface area (Å²) in [7, 11) is 2.06. The summed E-state index contributed by atoms with van der Waals surface area (Å²) in [5.74, 6) is 1.11. The van der Waals surface area contributed by atoms with Gasteiger partial charge in [-0.3, -0.25) is 4.57 Å². The normalized spacial score (nSPS) is 10.6. The zero-order valence-electron chi connectivity index (χ0n) is 13.8. The molecule has 0 aliphatic heterocycles. The Balaban J connectivity index is 0.00000169. The summed E-state index contributed by atoms with van der Waals surface area (Å²) in [5, 5.41) is 2.52. The number of benzene rings is 3. The van der Waals surface area contributed by atoms with Crippen LogP contribution in [0.5, 0.6) is 0 Å². The van der Waals surface area contributed by atoms with Gasteiger partial charge in [0.15, 0.2) is 5.82 Å². The molecule has 1 aromatic heterocycles. The number of hydrogen-bond acceptors (Lipinski definition) is 0. The molecule has 0 saturated carbocycles. The summed E-state index contributed by atoms with van der Waals surface area (Å²) in [6.45, 7) is 2.16. The third-order valence-corrected chi connectivity index (χ3v) is 4.19. The summed E-state index contributed by atoms with van der Waals surface area (Å²) >= 11 is 0. The van der Waals surface area contributed by atoms with E-state index in [-0.39, 0.29) is 32.7 Å². The molecule has 0 unspecified atom stereocenters. The number of aryl methyl sites for hydroxylation is 2. The molecule has 0 aliphatic carbocycles. The Hall–Kier alpha value is -1.77.